The lowest BCUT2D eigenvalue weighted by Crippen LogP contribution is -2.13. The van der Waals surface area contributed by atoms with Gasteiger partial charge in [0.05, 0.1) is 11.6 Å². The van der Waals surface area contributed by atoms with Gasteiger partial charge in [-0.25, -0.2) is 4.98 Å². The highest BCUT2D eigenvalue weighted by atomic mass is 35.5. The SMILES string of the molecule is CC(O)c1cccc(Nc2nc(N(C)C)c3ccccc3n2)c1.Cl. The van der Waals surface area contributed by atoms with Gasteiger partial charge >= 0.3 is 0 Å². The zero-order valence-corrected chi connectivity index (χ0v) is 14.7. The topological polar surface area (TPSA) is 61.3 Å². The number of para-hydroxylation sites is 1. The summed E-state index contributed by atoms with van der Waals surface area (Å²) in [4.78, 5) is 11.2. The third-order valence-electron chi connectivity index (χ3n) is 3.63. The van der Waals surface area contributed by atoms with Crippen LogP contribution in [-0.4, -0.2) is 29.2 Å². The molecule has 1 heterocycles. The van der Waals surface area contributed by atoms with Gasteiger partial charge in [-0.15, -0.1) is 12.4 Å². The first-order valence-electron chi connectivity index (χ1n) is 7.54. The van der Waals surface area contributed by atoms with Crippen molar-refractivity contribution < 1.29 is 5.11 Å². The van der Waals surface area contributed by atoms with Gasteiger partial charge in [-0.3, -0.25) is 0 Å². The van der Waals surface area contributed by atoms with Gasteiger partial charge in [0.15, 0.2) is 0 Å². The van der Waals surface area contributed by atoms with E-state index in [2.05, 4.69) is 15.3 Å². The Morgan fingerprint density at radius 3 is 2.50 bits per heavy atom. The van der Waals surface area contributed by atoms with Crippen molar-refractivity contribution in [1.82, 2.24) is 9.97 Å². The Kier molecular flexibility index (Phi) is 5.59. The molecular weight excluding hydrogens is 324 g/mol. The molecule has 0 aliphatic rings. The Morgan fingerprint density at radius 2 is 1.79 bits per heavy atom. The summed E-state index contributed by atoms with van der Waals surface area (Å²) in [6.07, 6.45) is -0.508. The molecule has 0 saturated carbocycles. The molecule has 1 unspecified atom stereocenters. The van der Waals surface area contributed by atoms with E-state index in [1.807, 2.05) is 67.5 Å². The standard InChI is InChI=1S/C18H20N4O.ClH/c1-12(23)13-7-6-8-14(11-13)19-18-20-16-10-5-4-9-15(16)17(21-18)22(2)3;/h4-12,23H,1-3H3,(H,19,20,21);1H. The lowest BCUT2D eigenvalue weighted by atomic mass is 10.1. The predicted molar refractivity (Wildman–Crippen MR) is 101 cm³/mol. The zero-order chi connectivity index (χ0) is 16.4. The zero-order valence-electron chi connectivity index (χ0n) is 13.9. The summed E-state index contributed by atoms with van der Waals surface area (Å²) >= 11 is 0. The maximum Gasteiger partial charge on any atom is 0.229 e. The molecule has 126 valence electrons. The molecule has 0 amide bonds. The minimum Gasteiger partial charge on any atom is -0.389 e. The van der Waals surface area contributed by atoms with E-state index in [0.717, 1.165) is 28.0 Å². The number of fused-ring (bicyclic) bond motifs is 1. The van der Waals surface area contributed by atoms with Crippen molar-refractivity contribution in [3.05, 3.63) is 54.1 Å². The number of rotatable bonds is 4. The fourth-order valence-electron chi connectivity index (χ4n) is 2.46. The third kappa shape index (κ3) is 3.75. The second kappa shape index (κ2) is 7.47. The Bertz CT molecular complexity index is 836. The summed E-state index contributed by atoms with van der Waals surface area (Å²) in [5.74, 6) is 1.40. The molecule has 5 nitrogen and oxygen atoms in total. The smallest absolute Gasteiger partial charge is 0.229 e. The molecule has 0 fully saturated rings. The summed E-state index contributed by atoms with van der Waals surface area (Å²) in [6.45, 7) is 1.75. The normalized spacial score (nSPS) is 11.7. The van der Waals surface area contributed by atoms with Gasteiger partial charge < -0.3 is 15.3 Å². The van der Waals surface area contributed by atoms with Crippen LogP contribution >= 0.6 is 12.4 Å². The molecule has 0 bridgehead atoms. The summed E-state index contributed by atoms with van der Waals surface area (Å²) in [6, 6.07) is 15.6. The molecule has 1 aromatic heterocycles. The summed E-state index contributed by atoms with van der Waals surface area (Å²) in [5.41, 5.74) is 2.59. The van der Waals surface area contributed by atoms with E-state index in [1.165, 1.54) is 0 Å². The number of hydrogen-bond acceptors (Lipinski definition) is 5. The summed E-state index contributed by atoms with van der Waals surface area (Å²) in [5, 5.41) is 13.9. The average molecular weight is 345 g/mol. The van der Waals surface area contributed by atoms with Crippen LogP contribution < -0.4 is 10.2 Å². The second-order valence-corrected chi connectivity index (χ2v) is 5.71. The Labute approximate surface area is 147 Å². The minimum atomic E-state index is -0.508. The van der Waals surface area contributed by atoms with E-state index in [4.69, 9.17) is 0 Å². The monoisotopic (exact) mass is 344 g/mol. The molecule has 0 spiro atoms. The fraction of sp³-hybridized carbons (Fsp3) is 0.222. The molecule has 24 heavy (non-hydrogen) atoms. The number of aliphatic hydroxyl groups is 1. The molecule has 2 aromatic carbocycles. The van der Waals surface area contributed by atoms with Gasteiger partial charge in [-0.2, -0.15) is 4.98 Å². The van der Waals surface area contributed by atoms with Gasteiger partial charge in [0, 0.05) is 25.2 Å². The Balaban J connectivity index is 0.00000208. The molecule has 1 atom stereocenters. The van der Waals surface area contributed by atoms with E-state index >= 15 is 0 Å². The van der Waals surface area contributed by atoms with Crippen LogP contribution in [0.5, 0.6) is 0 Å². The first-order valence-corrected chi connectivity index (χ1v) is 7.54. The van der Waals surface area contributed by atoms with Crippen LogP contribution in [0.1, 0.15) is 18.6 Å². The highest BCUT2D eigenvalue weighted by Gasteiger charge is 2.10. The van der Waals surface area contributed by atoms with Crippen LogP contribution in [-0.2, 0) is 0 Å². The maximum atomic E-state index is 9.71. The van der Waals surface area contributed by atoms with E-state index in [9.17, 15) is 5.11 Å². The lowest BCUT2D eigenvalue weighted by molar-refractivity contribution is 0.199. The summed E-state index contributed by atoms with van der Waals surface area (Å²) < 4.78 is 0. The van der Waals surface area contributed by atoms with Crippen molar-refractivity contribution in [3.8, 4) is 0 Å². The van der Waals surface area contributed by atoms with Crippen molar-refractivity contribution in [2.75, 3.05) is 24.3 Å². The highest BCUT2D eigenvalue weighted by Crippen LogP contribution is 2.26. The molecular formula is C18H21ClN4O. The average Bonchev–Trinajstić information content (AvgIpc) is 2.54. The number of nitrogens with zero attached hydrogens (tertiary/aromatic N) is 3. The molecule has 0 aliphatic carbocycles. The predicted octanol–water partition coefficient (Wildman–Crippen LogP) is 3.91. The molecule has 0 aliphatic heterocycles. The van der Waals surface area contributed by atoms with E-state index in [-0.39, 0.29) is 12.4 Å². The van der Waals surface area contributed by atoms with Crippen LogP contribution in [0.4, 0.5) is 17.5 Å². The van der Waals surface area contributed by atoms with Crippen LogP contribution in [0, 0.1) is 0 Å². The summed E-state index contributed by atoms with van der Waals surface area (Å²) in [7, 11) is 3.93. The van der Waals surface area contributed by atoms with Crippen LogP contribution in [0.3, 0.4) is 0 Å². The van der Waals surface area contributed by atoms with Gasteiger partial charge in [0.2, 0.25) is 5.95 Å². The van der Waals surface area contributed by atoms with Crippen LogP contribution in [0.25, 0.3) is 10.9 Å². The molecule has 3 rings (SSSR count). The van der Waals surface area contributed by atoms with Crippen molar-refractivity contribution >= 4 is 40.8 Å². The number of aliphatic hydroxyl groups excluding tert-OH is 1. The van der Waals surface area contributed by atoms with Crippen molar-refractivity contribution in [2.45, 2.75) is 13.0 Å². The Hall–Kier alpha value is -2.37. The number of halogens is 1. The number of benzene rings is 2. The maximum absolute atomic E-state index is 9.71. The third-order valence-corrected chi connectivity index (χ3v) is 3.63. The van der Waals surface area contributed by atoms with Crippen LogP contribution in [0.2, 0.25) is 0 Å². The molecule has 0 saturated heterocycles. The van der Waals surface area contributed by atoms with Gasteiger partial charge in [0.1, 0.15) is 5.82 Å². The molecule has 0 radical (unpaired) electrons. The molecule has 3 aromatic rings. The second-order valence-electron chi connectivity index (χ2n) is 5.71. The van der Waals surface area contributed by atoms with Gasteiger partial charge in [0.25, 0.3) is 0 Å². The first kappa shape index (κ1) is 18.0. The van der Waals surface area contributed by atoms with E-state index in [0.29, 0.717) is 5.95 Å². The van der Waals surface area contributed by atoms with Crippen LogP contribution in [0.15, 0.2) is 48.5 Å². The lowest BCUT2D eigenvalue weighted by Gasteiger charge is -2.16. The largest absolute Gasteiger partial charge is 0.389 e. The van der Waals surface area contributed by atoms with E-state index < -0.39 is 6.10 Å². The minimum absolute atomic E-state index is 0. The van der Waals surface area contributed by atoms with E-state index in [1.54, 1.807) is 6.92 Å². The number of aromatic nitrogens is 2. The Morgan fingerprint density at radius 1 is 1.04 bits per heavy atom. The fourth-order valence-corrected chi connectivity index (χ4v) is 2.46. The van der Waals surface area contributed by atoms with Gasteiger partial charge in [-0.05, 0) is 36.8 Å². The number of nitrogens with one attached hydrogen (secondary N) is 1. The van der Waals surface area contributed by atoms with Crippen molar-refractivity contribution in [2.24, 2.45) is 0 Å². The number of hydrogen-bond donors (Lipinski definition) is 2. The highest BCUT2D eigenvalue weighted by molar-refractivity contribution is 5.90. The first-order chi connectivity index (χ1) is 11.0. The van der Waals surface area contributed by atoms with Gasteiger partial charge in [-0.1, -0.05) is 24.3 Å². The number of anilines is 3. The van der Waals surface area contributed by atoms with Crippen molar-refractivity contribution in [1.29, 1.82) is 0 Å². The van der Waals surface area contributed by atoms with Crippen molar-refractivity contribution in [3.63, 3.8) is 0 Å². The quantitative estimate of drug-likeness (QED) is 0.751. The molecule has 2 N–H and O–H groups in total. The molecule has 6 heteroatoms.